The number of hydrogen-bond donors (Lipinski definition) is 1. The van der Waals surface area contributed by atoms with E-state index in [1.54, 1.807) is 13.1 Å². The highest BCUT2D eigenvalue weighted by Crippen LogP contribution is 2.52. The molecule has 0 amide bonds. The molecule has 146 valence electrons. The molecular weight excluding hydrogens is 344 g/mol. The van der Waals surface area contributed by atoms with Crippen molar-refractivity contribution in [2.24, 2.45) is 28.8 Å². The molecule has 0 spiro atoms. The molecule has 1 aromatic heterocycles. The number of aromatic nitrogens is 1. The highest BCUT2D eigenvalue weighted by atomic mass is 16.6. The summed E-state index contributed by atoms with van der Waals surface area (Å²) in [6.45, 7) is 7.84. The van der Waals surface area contributed by atoms with Crippen molar-refractivity contribution in [3.63, 3.8) is 0 Å². The van der Waals surface area contributed by atoms with Crippen LogP contribution in [-0.2, 0) is 9.53 Å². The van der Waals surface area contributed by atoms with Crippen LogP contribution < -0.4 is 0 Å². The number of hydrogen-bond acceptors (Lipinski definition) is 6. The first kappa shape index (κ1) is 19.7. The number of esters is 1. The highest BCUT2D eigenvalue weighted by Gasteiger charge is 2.62. The topological polar surface area (TPSA) is 88.9 Å². The van der Waals surface area contributed by atoms with Crippen LogP contribution in [0.15, 0.2) is 29.6 Å². The van der Waals surface area contributed by atoms with Gasteiger partial charge >= 0.3 is 5.97 Å². The molecule has 6 heteroatoms. The average molecular weight is 372 g/mol. The minimum atomic E-state index is -1.40. The predicted molar refractivity (Wildman–Crippen MR) is 103 cm³/mol. The molecule has 0 radical (unpaired) electrons. The molecule has 0 bridgehead atoms. The van der Waals surface area contributed by atoms with Crippen molar-refractivity contribution >= 4 is 12.0 Å². The molecule has 1 saturated carbocycles. The number of nitroso groups, excluding NO2 is 1. The monoisotopic (exact) mass is 372 g/mol. The highest BCUT2D eigenvalue weighted by molar-refractivity contribution is 5.82. The molecule has 27 heavy (non-hydrogen) atoms. The normalized spacial score (nSPS) is 37.1. The van der Waals surface area contributed by atoms with E-state index in [4.69, 9.17) is 4.74 Å². The minimum Gasteiger partial charge on any atom is -0.460 e. The molecule has 6 nitrogen and oxygen atoms in total. The van der Waals surface area contributed by atoms with Gasteiger partial charge in [0.05, 0.1) is 5.69 Å². The predicted octanol–water partition coefficient (Wildman–Crippen LogP) is 3.90. The van der Waals surface area contributed by atoms with Crippen molar-refractivity contribution in [2.45, 2.75) is 58.3 Å². The van der Waals surface area contributed by atoms with Crippen LogP contribution in [-0.4, -0.2) is 27.8 Å². The van der Waals surface area contributed by atoms with Crippen LogP contribution in [0.4, 0.5) is 0 Å². The largest absolute Gasteiger partial charge is 0.460 e. The van der Waals surface area contributed by atoms with Crippen molar-refractivity contribution in [1.82, 2.24) is 4.98 Å². The maximum atomic E-state index is 12.3. The summed E-state index contributed by atoms with van der Waals surface area (Å²) in [5.74, 6) is -0.124. The number of pyridine rings is 1. The van der Waals surface area contributed by atoms with E-state index in [0.717, 1.165) is 17.7 Å². The van der Waals surface area contributed by atoms with Gasteiger partial charge in [-0.15, -0.1) is 0 Å². The minimum absolute atomic E-state index is 0.0299. The molecule has 1 N–H and O–H groups in total. The van der Waals surface area contributed by atoms with Gasteiger partial charge in [0.15, 0.2) is 5.60 Å². The molecular formula is C21H28N2O4. The smallest absolute Gasteiger partial charge is 0.338 e. The van der Waals surface area contributed by atoms with E-state index in [1.165, 1.54) is 0 Å². The number of fused-ring (bicyclic) bond motifs is 1. The Balaban J connectivity index is 1.88. The Hall–Kier alpha value is -2.08. The number of allylic oxidation sites excluding steroid dienone is 1. The van der Waals surface area contributed by atoms with Gasteiger partial charge in [0.25, 0.3) is 0 Å². The number of cyclic esters (lactones) is 1. The zero-order chi connectivity index (χ0) is 19.8. The third-order valence-corrected chi connectivity index (χ3v) is 6.39. The molecule has 2 aliphatic rings. The molecule has 0 aromatic carbocycles. The van der Waals surface area contributed by atoms with Gasteiger partial charge in [-0.1, -0.05) is 37.6 Å². The summed E-state index contributed by atoms with van der Waals surface area (Å²) in [7, 11) is 0. The number of nitrogens with zero attached hydrogens (tertiary/aromatic N) is 2. The van der Waals surface area contributed by atoms with Gasteiger partial charge in [0.2, 0.25) is 0 Å². The van der Waals surface area contributed by atoms with Crippen molar-refractivity contribution in [2.75, 3.05) is 0 Å². The lowest BCUT2D eigenvalue weighted by atomic mass is 9.59. The summed E-state index contributed by atoms with van der Waals surface area (Å²) in [6, 6.07) is 3.28. The summed E-state index contributed by atoms with van der Waals surface area (Å²) >= 11 is 0. The molecule has 1 aliphatic heterocycles. The fraction of sp³-hybridized carbons (Fsp3) is 0.619. The molecule has 1 aliphatic carbocycles. The number of carbonyl (C=O) groups excluding carboxylic acids is 1. The molecule has 7 atom stereocenters. The van der Waals surface area contributed by atoms with E-state index in [2.05, 4.69) is 30.1 Å². The van der Waals surface area contributed by atoms with Crippen molar-refractivity contribution in [1.29, 1.82) is 0 Å². The van der Waals surface area contributed by atoms with Crippen LogP contribution in [0.5, 0.6) is 0 Å². The molecule has 2 fully saturated rings. The standard InChI is InChI=1S/C21H28N2O4/c1-5-17-12(2)10-21(25)19(14(4)27-20(21)24)18(17)9-8-16-7-6-15(11-22-16)13(3)23-26/h6-9,11-14,17-19,25H,5,10H2,1-4H3/t12-,13?,14+,17+,18-,19-,21-/m0/s1. The van der Waals surface area contributed by atoms with Crippen LogP contribution in [0.2, 0.25) is 0 Å². The maximum Gasteiger partial charge on any atom is 0.338 e. The number of ether oxygens (including phenoxy) is 1. The quantitative estimate of drug-likeness (QED) is 0.625. The Bertz CT molecular complexity index is 732. The van der Waals surface area contributed by atoms with E-state index in [9.17, 15) is 14.8 Å². The lowest BCUT2D eigenvalue weighted by Gasteiger charge is -2.45. The molecule has 1 unspecified atom stereocenters. The molecule has 3 rings (SSSR count). The van der Waals surface area contributed by atoms with E-state index in [-0.39, 0.29) is 23.9 Å². The second-order valence-corrected chi connectivity index (χ2v) is 8.05. The average Bonchev–Trinajstić information content (AvgIpc) is 2.87. The first-order valence-electron chi connectivity index (χ1n) is 9.71. The lowest BCUT2D eigenvalue weighted by molar-refractivity contribution is -0.160. The summed E-state index contributed by atoms with van der Waals surface area (Å²) in [6.07, 6.45) is 6.78. The van der Waals surface area contributed by atoms with Gasteiger partial charge in [0, 0.05) is 12.1 Å². The fourth-order valence-electron chi connectivity index (χ4n) is 4.98. The Morgan fingerprint density at radius 2 is 2.19 bits per heavy atom. The van der Waals surface area contributed by atoms with Gasteiger partial charge in [0.1, 0.15) is 12.1 Å². The number of aliphatic hydroxyl groups is 1. The van der Waals surface area contributed by atoms with Gasteiger partial charge in [-0.2, -0.15) is 4.91 Å². The summed E-state index contributed by atoms with van der Waals surface area (Å²) in [4.78, 5) is 27.3. The zero-order valence-corrected chi connectivity index (χ0v) is 16.3. The van der Waals surface area contributed by atoms with Crippen molar-refractivity contribution in [3.05, 3.63) is 40.6 Å². The summed E-state index contributed by atoms with van der Waals surface area (Å²) in [5.41, 5.74) is 0.144. The van der Waals surface area contributed by atoms with Gasteiger partial charge < -0.3 is 9.84 Å². The lowest BCUT2D eigenvalue weighted by Crippen LogP contribution is -2.53. The van der Waals surface area contributed by atoms with E-state index >= 15 is 0 Å². The van der Waals surface area contributed by atoms with Gasteiger partial charge in [-0.3, -0.25) is 4.98 Å². The van der Waals surface area contributed by atoms with E-state index in [0.29, 0.717) is 12.3 Å². The van der Waals surface area contributed by atoms with Gasteiger partial charge in [-0.25, -0.2) is 4.79 Å². The Kier molecular flexibility index (Phi) is 5.47. The SMILES string of the molecule is CC[C@H]1[C@H](C=Cc2ccc(C(C)N=O)cn2)[C@@H]2[C@@H](C)OC(=O)[C@]2(O)C[C@@H]1C. The Labute approximate surface area is 160 Å². The van der Waals surface area contributed by atoms with Crippen LogP contribution in [0.25, 0.3) is 6.08 Å². The number of rotatable bonds is 5. The first-order chi connectivity index (χ1) is 12.8. The second-order valence-electron chi connectivity index (χ2n) is 8.05. The van der Waals surface area contributed by atoms with Crippen molar-refractivity contribution < 1.29 is 14.6 Å². The fourth-order valence-corrected chi connectivity index (χ4v) is 4.98. The third-order valence-electron chi connectivity index (χ3n) is 6.39. The Morgan fingerprint density at radius 1 is 1.44 bits per heavy atom. The van der Waals surface area contributed by atoms with Crippen LogP contribution in [0.1, 0.15) is 57.8 Å². The summed E-state index contributed by atoms with van der Waals surface area (Å²) < 4.78 is 5.41. The second kappa shape index (κ2) is 7.50. The Morgan fingerprint density at radius 3 is 2.78 bits per heavy atom. The van der Waals surface area contributed by atoms with Crippen molar-refractivity contribution in [3.8, 4) is 0 Å². The van der Waals surface area contributed by atoms with Crippen LogP contribution in [0.3, 0.4) is 0 Å². The molecule has 1 aromatic rings. The third kappa shape index (κ3) is 3.43. The van der Waals surface area contributed by atoms with E-state index < -0.39 is 17.6 Å². The zero-order valence-electron chi connectivity index (χ0n) is 16.3. The maximum absolute atomic E-state index is 12.3. The number of carbonyl (C=O) groups is 1. The van der Waals surface area contributed by atoms with E-state index in [1.807, 2.05) is 25.1 Å². The van der Waals surface area contributed by atoms with Crippen LogP contribution in [0, 0.1) is 28.6 Å². The van der Waals surface area contributed by atoms with Gasteiger partial charge in [-0.05, 0) is 55.7 Å². The summed E-state index contributed by atoms with van der Waals surface area (Å²) in [5, 5.41) is 14.1. The van der Waals surface area contributed by atoms with Crippen LogP contribution >= 0.6 is 0 Å². The molecule has 1 saturated heterocycles. The molecule has 2 heterocycles. The first-order valence-corrected chi connectivity index (χ1v) is 9.71.